The summed E-state index contributed by atoms with van der Waals surface area (Å²) in [4.78, 5) is 14.9. The number of nitrogen functional groups attached to an aromatic ring is 1. The number of rotatable bonds is 0. The van der Waals surface area contributed by atoms with E-state index in [1.54, 1.807) is 12.1 Å². The van der Waals surface area contributed by atoms with E-state index in [0.717, 1.165) is 10.2 Å². The van der Waals surface area contributed by atoms with E-state index >= 15 is 0 Å². The number of nitrogens with zero attached hydrogens (tertiary/aromatic N) is 2. The molecular formula is C8H7N3O. The highest BCUT2D eigenvalue weighted by atomic mass is 16.1. The monoisotopic (exact) mass is 161 g/mol. The van der Waals surface area contributed by atoms with Gasteiger partial charge in [0.2, 0.25) is 0 Å². The molecule has 0 aliphatic carbocycles. The Hall–Kier alpha value is -1.84. The molecule has 0 atom stereocenters. The summed E-state index contributed by atoms with van der Waals surface area (Å²) in [5.41, 5.74) is 1.07. The van der Waals surface area contributed by atoms with Crippen molar-refractivity contribution in [2.75, 3.05) is 5.84 Å². The van der Waals surface area contributed by atoms with Gasteiger partial charge in [0.15, 0.2) is 0 Å². The lowest BCUT2D eigenvalue weighted by atomic mass is 10.3. The van der Waals surface area contributed by atoms with Gasteiger partial charge in [0, 0.05) is 0 Å². The van der Waals surface area contributed by atoms with Crippen LogP contribution in [-0.2, 0) is 0 Å². The molecule has 1 aromatic heterocycles. The molecule has 4 nitrogen and oxygen atoms in total. The summed E-state index contributed by atoms with van der Waals surface area (Å²) in [6.07, 6.45) is 1.21. The molecule has 0 aliphatic rings. The summed E-state index contributed by atoms with van der Waals surface area (Å²) in [6.45, 7) is 0. The van der Waals surface area contributed by atoms with E-state index in [2.05, 4.69) is 4.98 Å². The summed E-state index contributed by atoms with van der Waals surface area (Å²) >= 11 is 0. The molecule has 0 fully saturated rings. The minimum Gasteiger partial charge on any atom is -0.336 e. The number of fused-ring (bicyclic) bond motifs is 1. The van der Waals surface area contributed by atoms with Crippen LogP contribution in [0.5, 0.6) is 0 Å². The second-order valence-electron chi connectivity index (χ2n) is 2.46. The fourth-order valence-corrected chi connectivity index (χ4v) is 1.08. The fraction of sp³-hybridized carbons (Fsp3) is 0. The Morgan fingerprint density at radius 3 is 2.92 bits per heavy atom. The standard InChI is InChI=1S/C8H7N3O/c9-11-7-4-2-1-3-6(7)10-5-8(11)12/h1-5H,9H2. The number of hydrogen-bond donors (Lipinski definition) is 1. The zero-order valence-corrected chi connectivity index (χ0v) is 6.27. The number of para-hydroxylation sites is 2. The molecular weight excluding hydrogens is 154 g/mol. The van der Waals surface area contributed by atoms with Gasteiger partial charge in [-0.1, -0.05) is 12.1 Å². The van der Waals surface area contributed by atoms with Crippen molar-refractivity contribution in [3.05, 3.63) is 40.8 Å². The van der Waals surface area contributed by atoms with Gasteiger partial charge in [-0.25, -0.2) is 9.66 Å². The fourth-order valence-electron chi connectivity index (χ4n) is 1.08. The molecule has 1 aromatic carbocycles. The molecule has 0 bridgehead atoms. The molecule has 0 amide bonds. The maximum absolute atomic E-state index is 11.0. The zero-order chi connectivity index (χ0) is 8.55. The van der Waals surface area contributed by atoms with Crippen LogP contribution in [-0.4, -0.2) is 9.66 Å². The molecule has 0 aliphatic heterocycles. The van der Waals surface area contributed by atoms with Crippen molar-refractivity contribution >= 4 is 11.0 Å². The first-order chi connectivity index (χ1) is 5.79. The van der Waals surface area contributed by atoms with Crippen LogP contribution < -0.4 is 11.4 Å². The van der Waals surface area contributed by atoms with Crippen LogP contribution in [0.3, 0.4) is 0 Å². The van der Waals surface area contributed by atoms with E-state index in [1.807, 2.05) is 12.1 Å². The second-order valence-corrected chi connectivity index (χ2v) is 2.46. The van der Waals surface area contributed by atoms with Gasteiger partial charge in [0.25, 0.3) is 5.56 Å². The van der Waals surface area contributed by atoms with Gasteiger partial charge in [-0.15, -0.1) is 0 Å². The van der Waals surface area contributed by atoms with Gasteiger partial charge in [0.1, 0.15) is 0 Å². The third kappa shape index (κ3) is 0.852. The van der Waals surface area contributed by atoms with Gasteiger partial charge in [-0.3, -0.25) is 4.79 Å². The Bertz CT molecular complexity index is 475. The van der Waals surface area contributed by atoms with Crippen LogP contribution in [0.4, 0.5) is 0 Å². The third-order valence-corrected chi connectivity index (χ3v) is 1.69. The first-order valence-electron chi connectivity index (χ1n) is 3.51. The Balaban J connectivity index is 3.01. The Labute approximate surface area is 68.2 Å². The van der Waals surface area contributed by atoms with Gasteiger partial charge in [-0.05, 0) is 12.1 Å². The van der Waals surface area contributed by atoms with Crippen molar-refractivity contribution < 1.29 is 0 Å². The molecule has 0 unspecified atom stereocenters. The highest BCUT2D eigenvalue weighted by Gasteiger charge is 1.97. The molecule has 0 spiro atoms. The molecule has 0 saturated carbocycles. The maximum Gasteiger partial charge on any atom is 0.287 e. The lowest BCUT2D eigenvalue weighted by Crippen LogP contribution is -2.27. The van der Waals surface area contributed by atoms with E-state index in [1.165, 1.54) is 6.20 Å². The number of aromatic nitrogens is 2. The van der Waals surface area contributed by atoms with E-state index in [0.29, 0.717) is 5.52 Å². The molecule has 2 N–H and O–H groups in total. The van der Waals surface area contributed by atoms with E-state index in [4.69, 9.17) is 5.84 Å². The minimum atomic E-state index is -0.297. The van der Waals surface area contributed by atoms with Crippen LogP contribution in [0.1, 0.15) is 0 Å². The zero-order valence-electron chi connectivity index (χ0n) is 6.27. The van der Waals surface area contributed by atoms with Crippen LogP contribution in [0.15, 0.2) is 35.3 Å². The van der Waals surface area contributed by atoms with Crippen LogP contribution in [0.2, 0.25) is 0 Å². The molecule has 0 radical (unpaired) electrons. The average molecular weight is 161 g/mol. The lowest BCUT2D eigenvalue weighted by Gasteiger charge is -2.00. The average Bonchev–Trinajstić information content (AvgIpc) is 2.12. The SMILES string of the molecule is Nn1c(=O)cnc2ccccc21. The maximum atomic E-state index is 11.0. The second kappa shape index (κ2) is 2.34. The van der Waals surface area contributed by atoms with Crippen LogP contribution >= 0.6 is 0 Å². The Morgan fingerprint density at radius 2 is 2.08 bits per heavy atom. The molecule has 0 saturated heterocycles. The minimum absolute atomic E-state index is 0.297. The number of nitrogens with two attached hydrogens (primary N) is 1. The van der Waals surface area contributed by atoms with E-state index < -0.39 is 0 Å². The quantitative estimate of drug-likeness (QED) is 0.558. The highest BCUT2D eigenvalue weighted by Crippen LogP contribution is 2.04. The topological polar surface area (TPSA) is 60.9 Å². The normalized spacial score (nSPS) is 10.3. The molecule has 12 heavy (non-hydrogen) atoms. The van der Waals surface area contributed by atoms with Crippen molar-refractivity contribution in [3.8, 4) is 0 Å². The van der Waals surface area contributed by atoms with Gasteiger partial charge in [-0.2, -0.15) is 0 Å². The lowest BCUT2D eigenvalue weighted by molar-refractivity contribution is 0.967. The molecule has 1 heterocycles. The van der Waals surface area contributed by atoms with Crippen molar-refractivity contribution in [2.24, 2.45) is 0 Å². The Kier molecular flexibility index (Phi) is 1.33. The summed E-state index contributed by atoms with van der Waals surface area (Å²) in [5.74, 6) is 5.48. The van der Waals surface area contributed by atoms with Gasteiger partial charge < -0.3 is 5.84 Å². The predicted octanol–water partition coefficient (Wildman–Crippen LogP) is 0.110. The van der Waals surface area contributed by atoms with Crippen molar-refractivity contribution in [1.82, 2.24) is 9.66 Å². The van der Waals surface area contributed by atoms with Gasteiger partial charge >= 0.3 is 0 Å². The summed E-state index contributed by atoms with van der Waals surface area (Å²) in [7, 11) is 0. The molecule has 60 valence electrons. The largest absolute Gasteiger partial charge is 0.336 e. The predicted molar refractivity (Wildman–Crippen MR) is 46.2 cm³/mol. The molecule has 2 rings (SSSR count). The van der Waals surface area contributed by atoms with E-state index in [9.17, 15) is 4.79 Å². The van der Waals surface area contributed by atoms with Crippen molar-refractivity contribution in [3.63, 3.8) is 0 Å². The Morgan fingerprint density at radius 1 is 1.33 bits per heavy atom. The smallest absolute Gasteiger partial charge is 0.287 e. The van der Waals surface area contributed by atoms with Crippen molar-refractivity contribution in [2.45, 2.75) is 0 Å². The number of benzene rings is 1. The summed E-state index contributed by atoms with van der Waals surface area (Å²) in [5, 5.41) is 0. The first kappa shape index (κ1) is 6.84. The van der Waals surface area contributed by atoms with Crippen LogP contribution in [0, 0.1) is 0 Å². The third-order valence-electron chi connectivity index (χ3n) is 1.69. The number of hydrogen-bond acceptors (Lipinski definition) is 3. The first-order valence-corrected chi connectivity index (χ1v) is 3.51. The van der Waals surface area contributed by atoms with Crippen molar-refractivity contribution in [1.29, 1.82) is 0 Å². The molecule has 2 aromatic rings. The van der Waals surface area contributed by atoms with Crippen LogP contribution in [0.25, 0.3) is 11.0 Å². The summed E-state index contributed by atoms with van der Waals surface area (Å²) in [6, 6.07) is 7.22. The highest BCUT2D eigenvalue weighted by molar-refractivity contribution is 5.74. The summed E-state index contributed by atoms with van der Waals surface area (Å²) < 4.78 is 1.09. The van der Waals surface area contributed by atoms with E-state index in [-0.39, 0.29) is 5.56 Å². The molecule has 4 heteroatoms. The van der Waals surface area contributed by atoms with Gasteiger partial charge in [0.05, 0.1) is 17.2 Å².